The van der Waals surface area contributed by atoms with Crippen molar-refractivity contribution in [3.05, 3.63) is 59.8 Å². The second-order valence-electron chi connectivity index (χ2n) is 11.3. The number of rotatable bonds is 2. The number of benzene rings is 3. The van der Waals surface area contributed by atoms with Gasteiger partial charge in [0.05, 0.1) is 0 Å². The van der Waals surface area contributed by atoms with Crippen molar-refractivity contribution >= 4 is 39.2 Å². The summed E-state index contributed by atoms with van der Waals surface area (Å²) in [6.07, 6.45) is 2.95. The Balaban J connectivity index is 1.76. The van der Waals surface area contributed by atoms with Crippen molar-refractivity contribution in [3.63, 3.8) is 0 Å². The first-order valence-electron chi connectivity index (χ1n) is 11.2. The Morgan fingerprint density at radius 1 is 0.935 bits per heavy atom. The second kappa shape index (κ2) is 6.83. The molecule has 2 heterocycles. The molecule has 1 aromatic heterocycles. The molecule has 0 unspecified atom stereocenters. The van der Waals surface area contributed by atoms with Crippen LogP contribution in [-0.4, -0.2) is 18.3 Å². The molecule has 0 spiro atoms. The number of ether oxygens (including phenoxy) is 1. The van der Waals surface area contributed by atoms with E-state index in [2.05, 4.69) is 87.4 Å². The van der Waals surface area contributed by atoms with Crippen molar-refractivity contribution in [3.8, 4) is 22.8 Å². The molecule has 2 nitrogen and oxygen atoms in total. The van der Waals surface area contributed by atoms with Gasteiger partial charge >= 0.3 is 188 Å². The maximum absolute atomic E-state index is 6.64. The van der Waals surface area contributed by atoms with Crippen molar-refractivity contribution in [2.45, 2.75) is 51.4 Å². The summed E-state index contributed by atoms with van der Waals surface area (Å²) in [5.41, 5.74) is 4.91. The van der Waals surface area contributed by atoms with E-state index in [9.17, 15) is 0 Å². The van der Waals surface area contributed by atoms with E-state index in [1.54, 1.807) is 0 Å². The zero-order valence-corrected chi connectivity index (χ0v) is 21.8. The third-order valence-corrected chi connectivity index (χ3v) is 10.6. The predicted molar refractivity (Wildman–Crippen MR) is 136 cm³/mol. The maximum atomic E-state index is 6.64. The van der Waals surface area contributed by atoms with Crippen molar-refractivity contribution < 1.29 is 4.74 Å². The van der Waals surface area contributed by atoms with Crippen LogP contribution >= 0.6 is 0 Å². The first kappa shape index (κ1) is 20.6. The molecule has 3 aromatic carbocycles. The van der Waals surface area contributed by atoms with Gasteiger partial charge in [-0.05, 0) is 0 Å². The quantitative estimate of drug-likeness (QED) is 0.248. The number of hydrogen-bond acceptors (Lipinski definition) is 2. The monoisotopic (exact) mass is 471 g/mol. The summed E-state index contributed by atoms with van der Waals surface area (Å²) >= 11 is -1.91. The Bertz CT molecular complexity index is 1360. The van der Waals surface area contributed by atoms with E-state index in [4.69, 9.17) is 9.72 Å². The number of pyridine rings is 1. The first-order chi connectivity index (χ1) is 14.5. The van der Waals surface area contributed by atoms with Gasteiger partial charge in [0.15, 0.2) is 0 Å². The van der Waals surface area contributed by atoms with Crippen LogP contribution in [0.15, 0.2) is 48.7 Å². The van der Waals surface area contributed by atoms with Gasteiger partial charge in [-0.25, -0.2) is 0 Å². The van der Waals surface area contributed by atoms with Crippen LogP contribution in [-0.2, 0) is 6.42 Å². The van der Waals surface area contributed by atoms with Crippen LogP contribution in [0.4, 0.5) is 0 Å². The van der Waals surface area contributed by atoms with Gasteiger partial charge in [-0.2, -0.15) is 0 Å². The predicted octanol–water partition coefficient (Wildman–Crippen LogP) is 7.60. The molecule has 158 valence electrons. The standard InChI is InChI=1S/C28H31GeNO/c1-17-22-15-21(29(5,6)7)9-8-19(22)14-23-26-25-20(10-11-30-26)12-18(16-28(2,3)4)13-24(25)31-27(17)23/h8-15H,16H2,1-7H3. The molecule has 0 bridgehead atoms. The summed E-state index contributed by atoms with van der Waals surface area (Å²) in [4.78, 5) is 4.82. The van der Waals surface area contributed by atoms with Crippen LogP contribution in [0, 0.1) is 12.3 Å². The van der Waals surface area contributed by atoms with Crippen LogP contribution < -0.4 is 9.13 Å². The Hall–Kier alpha value is -2.33. The third kappa shape index (κ3) is 3.55. The zero-order chi connectivity index (χ0) is 22.1. The molecule has 0 fully saturated rings. The minimum atomic E-state index is -1.91. The van der Waals surface area contributed by atoms with Crippen LogP contribution in [0.5, 0.6) is 11.5 Å². The van der Waals surface area contributed by atoms with Gasteiger partial charge in [0.1, 0.15) is 0 Å². The number of nitrogens with zero attached hydrogens (tertiary/aromatic N) is 1. The summed E-state index contributed by atoms with van der Waals surface area (Å²) < 4.78 is 8.17. The molecule has 0 saturated carbocycles. The van der Waals surface area contributed by atoms with E-state index in [0.29, 0.717) is 0 Å². The molecule has 0 N–H and O–H groups in total. The molecule has 1 aliphatic heterocycles. The van der Waals surface area contributed by atoms with Crippen LogP contribution in [0.2, 0.25) is 17.3 Å². The molecule has 0 saturated heterocycles. The van der Waals surface area contributed by atoms with Gasteiger partial charge in [0, 0.05) is 0 Å². The Kier molecular flexibility index (Phi) is 4.53. The van der Waals surface area contributed by atoms with Crippen LogP contribution in [0.25, 0.3) is 32.8 Å². The summed E-state index contributed by atoms with van der Waals surface area (Å²) in [6, 6.07) is 15.9. The van der Waals surface area contributed by atoms with Gasteiger partial charge < -0.3 is 0 Å². The Morgan fingerprint density at radius 3 is 2.42 bits per heavy atom. The third-order valence-electron chi connectivity index (χ3n) is 6.30. The summed E-state index contributed by atoms with van der Waals surface area (Å²) in [6.45, 7) is 9.05. The Morgan fingerprint density at radius 2 is 1.71 bits per heavy atom. The van der Waals surface area contributed by atoms with Crippen LogP contribution in [0.1, 0.15) is 31.9 Å². The van der Waals surface area contributed by atoms with Crippen LogP contribution in [0.3, 0.4) is 0 Å². The summed E-state index contributed by atoms with van der Waals surface area (Å²) in [5, 5.41) is 4.91. The summed E-state index contributed by atoms with van der Waals surface area (Å²) in [7, 11) is 0. The van der Waals surface area contributed by atoms with Gasteiger partial charge in [0.25, 0.3) is 0 Å². The average Bonchev–Trinajstić information content (AvgIpc) is 2.67. The van der Waals surface area contributed by atoms with E-state index in [0.717, 1.165) is 34.6 Å². The fourth-order valence-electron chi connectivity index (χ4n) is 4.77. The normalized spacial score (nSPS) is 13.4. The molecular formula is C28H31GeNO. The molecule has 1 aliphatic rings. The van der Waals surface area contributed by atoms with Gasteiger partial charge in [-0.1, -0.05) is 0 Å². The molecule has 0 radical (unpaired) electrons. The molecule has 0 atom stereocenters. The van der Waals surface area contributed by atoms with E-state index in [1.165, 1.54) is 31.7 Å². The Labute approximate surface area is 188 Å². The molecule has 4 aromatic rings. The van der Waals surface area contributed by atoms with Gasteiger partial charge in [-0.3, -0.25) is 0 Å². The first-order valence-corrected chi connectivity index (χ1v) is 18.5. The van der Waals surface area contributed by atoms with E-state index < -0.39 is 13.3 Å². The SMILES string of the molecule is Cc1c2c(cc3cc[c]([Ge]([CH3])([CH3])[CH3])cc13)-c1nccc3cc(CC(C)(C)C)cc(c13)O2. The molecule has 0 amide bonds. The fraction of sp³-hybridized carbons (Fsp3) is 0.321. The molecule has 3 heteroatoms. The van der Waals surface area contributed by atoms with E-state index in [-0.39, 0.29) is 5.41 Å². The molecule has 5 rings (SSSR count). The molecule has 31 heavy (non-hydrogen) atoms. The van der Waals surface area contributed by atoms with Crippen molar-refractivity contribution in [1.82, 2.24) is 4.98 Å². The number of hydrogen-bond donors (Lipinski definition) is 0. The minimum absolute atomic E-state index is 0.226. The second-order valence-corrected chi connectivity index (χ2v) is 21.9. The van der Waals surface area contributed by atoms with E-state index in [1.807, 2.05) is 6.20 Å². The topological polar surface area (TPSA) is 22.1 Å². The summed E-state index contributed by atoms with van der Waals surface area (Å²) in [5.74, 6) is 9.25. The van der Waals surface area contributed by atoms with Gasteiger partial charge in [-0.15, -0.1) is 0 Å². The number of aryl methyl sites for hydroxylation is 1. The van der Waals surface area contributed by atoms with Crippen molar-refractivity contribution in [2.75, 3.05) is 0 Å². The molecule has 0 aliphatic carbocycles. The average molecular weight is 470 g/mol. The van der Waals surface area contributed by atoms with Crippen molar-refractivity contribution in [1.29, 1.82) is 0 Å². The van der Waals surface area contributed by atoms with E-state index >= 15 is 0 Å². The molecular weight excluding hydrogens is 439 g/mol. The van der Waals surface area contributed by atoms with Gasteiger partial charge in [0.2, 0.25) is 0 Å². The number of aromatic nitrogens is 1. The fourth-order valence-corrected chi connectivity index (χ4v) is 7.21. The zero-order valence-electron chi connectivity index (χ0n) is 19.7. The number of fused-ring (bicyclic) bond motifs is 3. The van der Waals surface area contributed by atoms with Crippen molar-refractivity contribution in [2.24, 2.45) is 5.41 Å².